The Kier molecular flexibility index (Phi) is 3.84. The van der Waals surface area contributed by atoms with Gasteiger partial charge < -0.3 is 4.90 Å². The van der Waals surface area contributed by atoms with Crippen molar-refractivity contribution in [3.8, 4) is 0 Å². The molecule has 1 aliphatic heterocycles. The normalized spacial score (nSPS) is 14.7. The second kappa shape index (κ2) is 5.77. The maximum absolute atomic E-state index is 12.9. The summed E-state index contributed by atoms with van der Waals surface area (Å²) >= 11 is 1.61. The van der Waals surface area contributed by atoms with Gasteiger partial charge in [-0.1, -0.05) is 0 Å². The van der Waals surface area contributed by atoms with Gasteiger partial charge in [0.1, 0.15) is 5.82 Å². The molecule has 108 valence electrons. The van der Waals surface area contributed by atoms with Gasteiger partial charge in [0.2, 0.25) is 5.91 Å². The monoisotopic (exact) mass is 303 g/mol. The molecule has 0 aliphatic carbocycles. The first-order valence-corrected chi connectivity index (χ1v) is 7.68. The molecule has 21 heavy (non-hydrogen) atoms. The highest BCUT2D eigenvalue weighted by molar-refractivity contribution is 7.10. The molecule has 0 atom stereocenters. The van der Waals surface area contributed by atoms with Crippen molar-refractivity contribution >= 4 is 28.7 Å². The Morgan fingerprint density at radius 3 is 2.71 bits per heavy atom. The van der Waals surface area contributed by atoms with E-state index in [1.807, 2.05) is 11.4 Å². The van der Waals surface area contributed by atoms with Gasteiger partial charge in [-0.3, -0.25) is 9.59 Å². The fraction of sp³-hybridized carbons (Fsp3) is 0.250. The van der Waals surface area contributed by atoms with Gasteiger partial charge in [-0.05, 0) is 48.6 Å². The lowest BCUT2D eigenvalue weighted by Gasteiger charge is -2.20. The van der Waals surface area contributed by atoms with Crippen molar-refractivity contribution in [2.24, 2.45) is 0 Å². The molecule has 0 bridgehead atoms. The standard InChI is InChI=1S/C16H14FNO2S/c17-12-6-4-11(5-7-12)14(19)10-18-13-8-9-21-15(13)2-1-3-16(18)20/h4-9H,1-3,10H2. The molecule has 2 heterocycles. The van der Waals surface area contributed by atoms with Gasteiger partial charge in [0.05, 0.1) is 12.2 Å². The van der Waals surface area contributed by atoms with E-state index in [0.717, 1.165) is 23.4 Å². The second-order valence-electron chi connectivity index (χ2n) is 4.99. The zero-order chi connectivity index (χ0) is 14.8. The summed E-state index contributed by atoms with van der Waals surface area (Å²) in [5, 5.41) is 1.94. The Hall–Kier alpha value is -2.01. The predicted octanol–water partition coefficient (Wildman–Crippen LogP) is 3.44. The summed E-state index contributed by atoms with van der Waals surface area (Å²) < 4.78 is 12.9. The van der Waals surface area contributed by atoms with Crippen molar-refractivity contribution in [1.82, 2.24) is 0 Å². The van der Waals surface area contributed by atoms with E-state index in [-0.39, 0.29) is 24.1 Å². The van der Waals surface area contributed by atoms with Crippen LogP contribution in [0.3, 0.4) is 0 Å². The third-order valence-corrected chi connectivity index (χ3v) is 4.55. The number of anilines is 1. The Labute approximate surface area is 126 Å². The van der Waals surface area contributed by atoms with Crippen LogP contribution in [-0.4, -0.2) is 18.2 Å². The third kappa shape index (κ3) is 2.88. The van der Waals surface area contributed by atoms with Crippen LogP contribution in [0.15, 0.2) is 35.7 Å². The van der Waals surface area contributed by atoms with Crippen LogP contribution in [0, 0.1) is 5.82 Å². The number of thiophene rings is 1. The number of nitrogens with zero attached hydrogens (tertiary/aromatic N) is 1. The zero-order valence-electron chi connectivity index (χ0n) is 11.3. The van der Waals surface area contributed by atoms with E-state index in [1.54, 1.807) is 16.2 Å². The number of hydrogen-bond acceptors (Lipinski definition) is 3. The van der Waals surface area contributed by atoms with Gasteiger partial charge >= 0.3 is 0 Å². The molecule has 0 N–H and O–H groups in total. The number of fused-ring (bicyclic) bond motifs is 1. The van der Waals surface area contributed by atoms with Crippen molar-refractivity contribution in [3.05, 3.63) is 52.0 Å². The predicted molar refractivity (Wildman–Crippen MR) is 80.3 cm³/mol. The summed E-state index contributed by atoms with van der Waals surface area (Å²) in [6.07, 6.45) is 2.14. The third-order valence-electron chi connectivity index (χ3n) is 3.58. The molecule has 0 radical (unpaired) electrons. The number of benzene rings is 1. The number of halogens is 1. The van der Waals surface area contributed by atoms with Crippen LogP contribution in [0.4, 0.5) is 10.1 Å². The highest BCUT2D eigenvalue weighted by Crippen LogP contribution is 2.31. The average Bonchev–Trinajstić information content (AvgIpc) is 2.88. The number of carbonyl (C=O) groups is 2. The van der Waals surface area contributed by atoms with Gasteiger partial charge in [-0.25, -0.2) is 4.39 Å². The van der Waals surface area contributed by atoms with Crippen LogP contribution in [0.5, 0.6) is 0 Å². The van der Waals surface area contributed by atoms with E-state index in [2.05, 4.69) is 0 Å². The van der Waals surface area contributed by atoms with Gasteiger partial charge in [-0.2, -0.15) is 0 Å². The minimum Gasteiger partial charge on any atom is -0.303 e. The van der Waals surface area contributed by atoms with Crippen LogP contribution in [0.25, 0.3) is 0 Å². The highest BCUT2D eigenvalue weighted by atomic mass is 32.1. The molecule has 0 saturated carbocycles. The summed E-state index contributed by atoms with van der Waals surface area (Å²) in [4.78, 5) is 27.2. The molecule has 3 nitrogen and oxygen atoms in total. The van der Waals surface area contributed by atoms with Crippen molar-refractivity contribution in [3.63, 3.8) is 0 Å². The first kappa shape index (κ1) is 13.9. The molecule has 0 unspecified atom stereocenters. The summed E-state index contributed by atoms with van der Waals surface area (Å²) in [6.45, 7) is 0.00813. The Morgan fingerprint density at radius 2 is 1.95 bits per heavy atom. The molecule has 3 rings (SSSR count). The number of ketones is 1. The summed E-state index contributed by atoms with van der Waals surface area (Å²) in [5.41, 5.74) is 1.27. The molecule has 0 saturated heterocycles. The van der Waals surface area contributed by atoms with Crippen molar-refractivity contribution in [2.75, 3.05) is 11.4 Å². The van der Waals surface area contributed by atoms with Crippen LogP contribution >= 0.6 is 11.3 Å². The van der Waals surface area contributed by atoms with Gasteiger partial charge in [-0.15, -0.1) is 11.3 Å². The molecule has 0 spiro atoms. The Balaban J connectivity index is 1.84. The quantitative estimate of drug-likeness (QED) is 0.815. The van der Waals surface area contributed by atoms with E-state index in [4.69, 9.17) is 0 Å². The molecular weight excluding hydrogens is 289 g/mol. The fourth-order valence-electron chi connectivity index (χ4n) is 2.47. The number of rotatable bonds is 3. The smallest absolute Gasteiger partial charge is 0.227 e. The maximum atomic E-state index is 12.9. The molecule has 2 aromatic rings. The minimum atomic E-state index is -0.377. The highest BCUT2D eigenvalue weighted by Gasteiger charge is 2.25. The van der Waals surface area contributed by atoms with E-state index in [0.29, 0.717) is 12.0 Å². The number of amides is 1. The SMILES string of the molecule is O=C(CN1C(=O)CCCc2sccc21)c1ccc(F)cc1. The molecular formula is C16H14FNO2S. The minimum absolute atomic E-state index is 0.00813. The van der Waals surface area contributed by atoms with Crippen LogP contribution in [-0.2, 0) is 11.2 Å². The van der Waals surface area contributed by atoms with Crippen molar-refractivity contribution in [2.45, 2.75) is 19.3 Å². The van der Waals surface area contributed by atoms with E-state index in [9.17, 15) is 14.0 Å². The molecule has 1 amide bonds. The number of aryl methyl sites for hydroxylation is 1. The summed E-state index contributed by atoms with van der Waals surface area (Å²) in [6, 6.07) is 7.31. The number of hydrogen-bond donors (Lipinski definition) is 0. The lowest BCUT2D eigenvalue weighted by atomic mass is 10.1. The average molecular weight is 303 g/mol. The number of Topliss-reactive ketones (excluding diaryl/α,β-unsaturated/α-hetero) is 1. The number of carbonyl (C=O) groups excluding carboxylic acids is 2. The van der Waals surface area contributed by atoms with Gasteiger partial charge in [0.15, 0.2) is 5.78 Å². The van der Waals surface area contributed by atoms with E-state index in [1.165, 1.54) is 24.3 Å². The van der Waals surface area contributed by atoms with Gasteiger partial charge in [0.25, 0.3) is 0 Å². The van der Waals surface area contributed by atoms with E-state index < -0.39 is 0 Å². The van der Waals surface area contributed by atoms with Crippen molar-refractivity contribution < 1.29 is 14.0 Å². The maximum Gasteiger partial charge on any atom is 0.227 e. The molecule has 1 aliphatic rings. The fourth-order valence-corrected chi connectivity index (χ4v) is 3.40. The van der Waals surface area contributed by atoms with Crippen LogP contribution in [0.2, 0.25) is 0 Å². The molecule has 1 aromatic heterocycles. The first-order chi connectivity index (χ1) is 10.1. The van der Waals surface area contributed by atoms with Crippen LogP contribution < -0.4 is 4.90 Å². The van der Waals surface area contributed by atoms with Gasteiger partial charge in [0, 0.05) is 16.9 Å². The Morgan fingerprint density at radius 1 is 1.19 bits per heavy atom. The second-order valence-corrected chi connectivity index (χ2v) is 5.99. The first-order valence-electron chi connectivity index (χ1n) is 6.80. The summed E-state index contributed by atoms with van der Waals surface area (Å²) in [7, 11) is 0. The zero-order valence-corrected chi connectivity index (χ0v) is 12.2. The molecule has 0 fully saturated rings. The lowest BCUT2D eigenvalue weighted by Crippen LogP contribution is -2.35. The Bertz CT molecular complexity index is 678. The lowest BCUT2D eigenvalue weighted by molar-refractivity contribution is -0.118. The molecule has 5 heteroatoms. The van der Waals surface area contributed by atoms with E-state index >= 15 is 0 Å². The molecule has 1 aromatic carbocycles. The topological polar surface area (TPSA) is 37.4 Å². The van der Waals surface area contributed by atoms with Crippen molar-refractivity contribution in [1.29, 1.82) is 0 Å². The van der Waals surface area contributed by atoms with Crippen LogP contribution in [0.1, 0.15) is 28.1 Å². The summed E-state index contributed by atoms with van der Waals surface area (Å²) in [5.74, 6) is -0.581. The largest absolute Gasteiger partial charge is 0.303 e.